The van der Waals surface area contributed by atoms with Crippen molar-refractivity contribution in [3.8, 4) is 11.5 Å². The highest BCUT2D eigenvalue weighted by atomic mass is 19.3. The third-order valence-electron chi connectivity index (χ3n) is 2.71. The van der Waals surface area contributed by atoms with Gasteiger partial charge in [-0.05, 0) is 12.1 Å². The van der Waals surface area contributed by atoms with Crippen molar-refractivity contribution in [2.75, 3.05) is 0 Å². The van der Waals surface area contributed by atoms with E-state index in [1.807, 2.05) is 0 Å². The van der Waals surface area contributed by atoms with Crippen LogP contribution in [0.5, 0.6) is 11.5 Å². The minimum Gasteiger partial charge on any atom is -0.395 e. The molecule has 0 spiro atoms. The van der Waals surface area contributed by atoms with Gasteiger partial charge in [0.05, 0.1) is 5.56 Å². The molecule has 2 aromatic rings. The van der Waals surface area contributed by atoms with Crippen LogP contribution >= 0.6 is 0 Å². The summed E-state index contributed by atoms with van der Waals surface area (Å²) in [6.07, 6.45) is -3.73. The average molecular weight is 262 g/mol. The topological polar surface area (TPSA) is 35.5 Å². The molecule has 19 heavy (non-hydrogen) atoms. The summed E-state index contributed by atoms with van der Waals surface area (Å²) in [4.78, 5) is 12.2. The van der Waals surface area contributed by atoms with Crippen molar-refractivity contribution in [2.45, 2.75) is 6.29 Å². The van der Waals surface area contributed by atoms with Crippen LogP contribution in [0.2, 0.25) is 0 Å². The lowest BCUT2D eigenvalue weighted by Crippen LogP contribution is -2.26. The zero-order chi connectivity index (χ0) is 13.5. The van der Waals surface area contributed by atoms with Gasteiger partial charge in [-0.3, -0.25) is 4.79 Å². The number of carbonyl (C=O) groups is 1. The molecule has 0 fully saturated rings. The third-order valence-corrected chi connectivity index (χ3v) is 2.71. The van der Waals surface area contributed by atoms with Crippen LogP contribution in [0.25, 0.3) is 0 Å². The van der Waals surface area contributed by atoms with Crippen molar-refractivity contribution in [2.24, 2.45) is 0 Å². The molecule has 0 aromatic heterocycles. The highest BCUT2D eigenvalue weighted by molar-refractivity contribution is 6.11. The van der Waals surface area contributed by atoms with Gasteiger partial charge < -0.3 is 9.47 Å². The molecule has 0 bridgehead atoms. The second-order valence-electron chi connectivity index (χ2n) is 4.00. The Morgan fingerprint density at radius 1 is 0.947 bits per heavy atom. The normalized spacial score (nSPS) is 15.3. The second kappa shape index (κ2) is 4.05. The Balaban J connectivity index is 2.05. The Morgan fingerprint density at radius 3 is 2.42 bits per heavy atom. The van der Waals surface area contributed by atoms with Crippen LogP contribution in [0.3, 0.4) is 0 Å². The van der Waals surface area contributed by atoms with Gasteiger partial charge in [-0.25, -0.2) is 0 Å². The maximum Gasteiger partial charge on any atom is 0.586 e. The molecule has 5 heteroatoms. The predicted molar refractivity (Wildman–Crippen MR) is 62.5 cm³/mol. The first-order chi connectivity index (χ1) is 9.07. The number of hydrogen-bond donors (Lipinski definition) is 0. The first-order valence-corrected chi connectivity index (χ1v) is 5.55. The summed E-state index contributed by atoms with van der Waals surface area (Å²) in [7, 11) is 0. The van der Waals surface area contributed by atoms with Crippen LogP contribution < -0.4 is 9.47 Å². The number of hydrogen-bond acceptors (Lipinski definition) is 3. The molecular formula is C14H8F2O3. The molecule has 3 rings (SSSR count). The molecule has 3 nitrogen and oxygen atoms in total. The summed E-state index contributed by atoms with van der Waals surface area (Å²) in [5, 5.41) is 0. The second-order valence-corrected chi connectivity index (χ2v) is 4.00. The van der Waals surface area contributed by atoms with Gasteiger partial charge in [0.2, 0.25) is 0 Å². The molecule has 2 aromatic carbocycles. The van der Waals surface area contributed by atoms with E-state index in [0.717, 1.165) is 0 Å². The minimum absolute atomic E-state index is 0.0564. The first-order valence-electron chi connectivity index (χ1n) is 5.55. The number of ether oxygens (including phenoxy) is 2. The van der Waals surface area contributed by atoms with Crippen LogP contribution in [0.1, 0.15) is 15.9 Å². The molecule has 0 unspecified atom stereocenters. The highest BCUT2D eigenvalue weighted by Gasteiger charge is 2.45. The smallest absolute Gasteiger partial charge is 0.395 e. The molecular weight excluding hydrogens is 254 g/mol. The van der Waals surface area contributed by atoms with Crippen molar-refractivity contribution >= 4 is 5.78 Å². The number of ketones is 1. The number of benzene rings is 2. The van der Waals surface area contributed by atoms with Gasteiger partial charge in [0, 0.05) is 5.56 Å². The van der Waals surface area contributed by atoms with Crippen LogP contribution in [0.4, 0.5) is 8.78 Å². The number of alkyl halides is 2. The van der Waals surface area contributed by atoms with E-state index in [0.29, 0.717) is 5.56 Å². The molecule has 1 aliphatic rings. The predicted octanol–water partition coefficient (Wildman–Crippen LogP) is 3.24. The van der Waals surface area contributed by atoms with E-state index < -0.39 is 12.1 Å². The van der Waals surface area contributed by atoms with E-state index in [2.05, 4.69) is 9.47 Å². The van der Waals surface area contributed by atoms with Gasteiger partial charge in [0.15, 0.2) is 17.3 Å². The Morgan fingerprint density at radius 2 is 1.68 bits per heavy atom. The van der Waals surface area contributed by atoms with Crippen molar-refractivity contribution in [3.63, 3.8) is 0 Å². The molecule has 0 saturated carbocycles. The highest BCUT2D eigenvalue weighted by Crippen LogP contribution is 2.43. The van der Waals surface area contributed by atoms with Crippen LogP contribution in [0, 0.1) is 0 Å². The van der Waals surface area contributed by atoms with E-state index in [1.54, 1.807) is 30.3 Å². The third kappa shape index (κ3) is 2.03. The van der Waals surface area contributed by atoms with Crippen molar-refractivity contribution in [3.05, 3.63) is 59.7 Å². The fraction of sp³-hybridized carbons (Fsp3) is 0.0714. The lowest BCUT2D eigenvalue weighted by atomic mass is 10.0. The molecule has 0 atom stereocenters. The molecule has 0 amide bonds. The summed E-state index contributed by atoms with van der Waals surface area (Å²) < 4.78 is 34.8. The SMILES string of the molecule is O=C(c1ccccc1)c1cccc2c1OC(F)(F)O2. The lowest BCUT2D eigenvalue weighted by Gasteiger charge is -2.06. The Kier molecular flexibility index (Phi) is 2.48. The van der Waals surface area contributed by atoms with E-state index in [4.69, 9.17) is 0 Å². The van der Waals surface area contributed by atoms with Crippen LogP contribution in [-0.4, -0.2) is 12.1 Å². The maximum absolute atomic E-state index is 13.0. The van der Waals surface area contributed by atoms with Crippen molar-refractivity contribution in [1.82, 2.24) is 0 Å². The monoisotopic (exact) mass is 262 g/mol. The molecule has 0 N–H and O–H groups in total. The van der Waals surface area contributed by atoms with E-state index >= 15 is 0 Å². The Labute approximate surface area is 107 Å². The lowest BCUT2D eigenvalue weighted by molar-refractivity contribution is -0.286. The fourth-order valence-electron chi connectivity index (χ4n) is 1.89. The standard InChI is InChI=1S/C14H8F2O3/c15-14(16)18-11-8-4-7-10(13(11)19-14)12(17)9-5-2-1-3-6-9/h1-8H. The molecule has 1 heterocycles. The van der Waals surface area contributed by atoms with Gasteiger partial charge in [-0.2, -0.15) is 0 Å². The Hall–Kier alpha value is -2.43. The van der Waals surface area contributed by atoms with Gasteiger partial charge in [0.1, 0.15) is 0 Å². The van der Waals surface area contributed by atoms with E-state index in [9.17, 15) is 13.6 Å². The molecule has 96 valence electrons. The van der Waals surface area contributed by atoms with Crippen LogP contribution in [-0.2, 0) is 0 Å². The minimum atomic E-state index is -3.73. The summed E-state index contributed by atoms with van der Waals surface area (Å²) in [5.41, 5.74) is 0.454. The average Bonchev–Trinajstić information content (AvgIpc) is 2.72. The molecule has 0 aliphatic carbocycles. The summed E-state index contributed by atoms with van der Waals surface area (Å²) >= 11 is 0. The summed E-state index contributed by atoms with van der Waals surface area (Å²) in [5.74, 6) is -0.744. The molecule has 0 saturated heterocycles. The quantitative estimate of drug-likeness (QED) is 0.779. The first kappa shape index (κ1) is 11.6. The zero-order valence-corrected chi connectivity index (χ0v) is 9.60. The van der Waals surface area contributed by atoms with Gasteiger partial charge >= 0.3 is 6.29 Å². The summed E-state index contributed by atoms with van der Waals surface area (Å²) in [6, 6.07) is 12.6. The number of halogens is 2. The van der Waals surface area contributed by atoms with E-state index in [-0.39, 0.29) is 17.1 Å². The van der Waals surface area contributed by atoms with Gasteiger partial charge in [-0.15, -0.1) is 8.78 Å². The Bertz CT molecular complexity index is 638. The van der Waals surface area contributed by atoms with Crippen LogP contribution in [0.15, 0.2) is 48.5 Å². The van der Waals surface area contributed by atoms with Gasteiger partial charge in [0.25, 0.3) is 0 Å². The fourth-order valence-corrected chi connectivity index (χ4v) is 1.89. The van der Waals surface area contributed by atoms with Crippen molar-refractivity contribution < 1.29 is 23.0 Å². The number of fused-ring (bicyclic) bond motifs is 1. The van der Waals surface area contributed by atoms with Gasteiger partial charge in [-0.1, -0.05) is 36.4 Å². The summed E-state index contributed by atoms with van der Waals surface area (Å²) in [6.45, 7) is 0. The molecule has 1 aliphatic heterocycles. The number of rotatable bonds is 2. The number of carbonyl (C=O) groups excluding carboxylic acids is 1. The number of para-hydroxylation sites is 1. The van der Waals surface area contributed by atoms with E-state index in [1.165, 1.54) is 18.2 Å². The zero-order valence-electron chi connectivity index (χ0n) is 9.60. The van der Waals surface area contributed by atoms with Crippen molar-refractivity contribution in [1.29, 1.82) is 0 Å². The maximum atomic E-state index is 13.0. The largest absolute Gasteiger partial charge is 0.586 e. The molecule has 0 radical (unpaired) electrons.